The molecule has 2 aromatic carbocycles. The van der Waals surface area contributed by atoms with Crippen LogP contribution in [-0.2, 0) is 11.3 Å². The lowest BCUT2D eigenvalue weighted by atomic mass is 10.1. The Morgan fingerprint density at radius 2 is 2.04 bits per heavy atom. The zero-order valence-electron chi connectivity index (χ0n) is 13.8. The summed E-state index contributed by atoms with van der Waals surface area (Å²) in [6.45, 7) is 0.00371. The number of carbonyl (C=O) groups excluding carboxylic acids is 1. The van der Waals surface area contributed by atoms with E-state index in [1.165, 1.54) is 29.5 Å². The molecule has 0 unspecified atom stereocenters. The third-order valence-corrected chi connectivity index (χ3v) is 4.56. The van der Waals surface area contributed by atoms with E-state index in [-0.39, 0.29) is 17.9 Å². The lowest BCUT2D eigenvalue weighted by molar-refractivity contribution is -0.384. The Morgan fingerprint density at radius 1 is 1.27 bits per heavy atom. The predicted molar refractivity (Wildman–Crippen MR) is 99.3 cm³/mol. The minimum absolute atomic E-state index is 0.00371. The van der Waals surface area contributed by atoms with Crippen LogP contribution in [0, 0.1) is 10.1 Å². The van der Waals surface area contributed by atoms with Gasteiger partial charge in [0.1, 0.15) is 17.3 Å². The fourth-order valence-corrected chi connectivity index (χ4v) is 3.14. The predicted octanol–water partition coefficient (Wildman–Crippen LogP) is 4.12. The van der Waals surface area contributed by atoms with Crippen molar-refractivity contribution in [3.63, 3.8) is 0 Å². The summed E-state index contributed by atoms with van der Waals surface area (Å²) >= 11 is 1.46. The molecule has 0 radical (unpaired) electrons. The Hall–Kier alpha value is -3.26. The van der Waals surface area contributed by atoms with E-state index < -0.39 is 10.9 Å². The third kappa shape index (κ3) is 3.86. The summed E-state index contributed by atoms with van der Waals surface area (Å²) in [5.41, 5.74) is 1.90. The maximum atomic E-state index is 12.2. The number of esters is 1. The van der Waals surface area contributed by atoms with Gasteiger partial charge in [-0.25, -0.2) is 9.78 Å². The molecule has 0 aliphatic rings. The number of aromatic nitrogens is 1. The number of nitrogens with zero attached hydrogens (tertiary/aromatic N) is 2. The highest BCUT2D eigenvalue weighted by Crippen LogP contribution is 2.26. The number of nitrogens with one attached hydrogen (secondary N) is 1. The van der Waals surface area contributed by atoms with E-state index in [0.717, 1.165) is 10.6 Å². The SMILES string of the molecule is CNc1ccc(C(=O)OCc2csc(-c3ccccc3)n2)cc1[N+](=O)[O-]. The fourth-order valence-electron chi connectivity index (χ4n) is 2.33. The van der Waals surface area contributed by atoms with E-state index in [0.29, 0.717) is 11.4 Å². The molecule has 3 rings (SSSR count). The molecule has 0 aliphatic carbocycles. The monoisotopic (exact) mass is 369 g/mol. The van der Waals surface area contributed by atoms with Crippen LogP contribution >= 0.6 is 11.3 Å². The highest BCUT2D eigenvalue weighted by atomic mass is 32.1. The first-order valence-corrected chi connectivity index (χ1v) is 8.59. The van der Waals surface area contributed by atoms with E-state index in [1.807, 2.05) is 35.7 Å². The topological polar surface area (TPSA) is 94.4 Å². The molecule has 0 bridgehead atoms. The maximum Gasteiger partial charge on any atom is 0.338 e. The summed E-state index contributed by atoms with van der Waals surface area (Å²) < 4.78 is 5.23. The molecule has 1 heterocycles. The van der Waals surface area contributed by atoms with Crippen LogP contribution in [0.5, 0.6) is 0 Å². The minimum Gasteiger partial charge on any atom is -0.456 e. The van der Waals surface area contributed by atoms with E-state index in [2.05, 4.69) is 10.3 Å². The van der Waals surface area contributed by atoms with Crippen LogP contribution in [0.4, 0.5) is 11.4 Å². The molecule has 0 saturated carbocycles. The zero-order valence-corrected chi connectivity index (χ0v) is 14.7. The van der Waals surface area contributed by atoms with Crippen molar-refractivity contribution in [3.8, 4) is 10.6 Å². The van der Waals surface area contributed by atoms with Crippen LogP contribution in [0.25, 0.3) is 10.6 Å². The number of benzene rings is 2. The summed E-state index contributed by atoms with van der Waals surface area (Å²) in [4.78, 5) is 27.2. The Balaban J connectivity index is 1.69. The molecule has 0 amide bonds. The molecule has 26 heavy (non-hydrogen) atoms. The first kappa shape index (κ1) is 17.6. The summed E-state index contributed by atoms with van der Waals surface area (Å²) in [6.07, 6.45) is 0. The molecular weight excluding hydrogens is 354 g/mol. The number of nitro benzene ring substituents is 1. The molecule has 132 valence electrons. The van der Waals surface area contributed by atoms with Gasteiger partial charge in [0.15, 0.2) is 0 Å². The Kier molecular flexibility index (Phi) is 5.23. The van der Waals surface area contributed by atoms with Gasteiger partial charge in [0.05, 0.1) is 16.2 Å². The van der Waals surface area contributed by atoms with Crippen molar-refractivity contribution in [2.24, 2.45) is 0 Å². The summed E-state index contributed by atoms with van der Waals surface area (Å²) in [7, 11) is 1.58. The molecule has 7 nitrogen and oxygen atoms in total. The lowest BCUT2D eigenvalue weighted by Gasteiger charge is -2.06. The van der Waals surface area contributed by atoms with Crippen LogP contribution in [0.2, 0.25) is 0 Å². The molecule has 0 spiro atoms. The van der Waals surface area contributed by atoms with Crippen molar-refractivity contribution >= 4 is 28.7 Å². The van der Waals surface area contributed by atoms with Crippen molar-refractivity contribution < 1.29 is 14.5 Å². The van der Waals surface area contributed by atoms with Crippen LogP contribution in [-0.4, -0.2) is 22.9 Å². The fraction of sp³-hybridized carbons (Fsp3) is 0.111. The molecule has 1 aromatic heterocycles. The number of hydrogen-bond acceptors (Lipinski definition) is 7. The highest BCUT2D eigenvalue weighted by Gasteiger charge is 2.18. The lowest BCUT2D eigenvalue weighted by Crippen LogP contribution is -2.07. The van der Waals surface area contributed by atoms with Gasteiger partial charge in [-0.15, -0.1) is 11.3 Å². The van der Waals surface area contributed by atoms with Gasteiger partial charge in [-0.3, -0.25) is 10.1 Å². The van der Waals surface area contributed by atoms with Gasteiger partial charge in [0.2, 0.25) is 0 Å². The van der Waals surface area contributed by atoms with Crippen LogP contribution in [0.15, 0.2) is 53.9 Å². The standard InChI is InChI=1S/C18H15N3O4S/c1-19-15-8-7-13(9-16(15)21(23)24)18(22)25-10-14-11-26-17(20-14)12-5-3-2-4-6-12/h2-9,11,19H,10H2,1H3. The Morgan fingerprint density at radius 3 is 2.73 bits per heavy atom. The Labute approximate surface area is 153 Å². The number of ether oxygens (including phenoxy) is 1. The van der Waals surface area contributed by atoms with Crippen molar-refractivity contribution in [2.75, 3.05) is 12.4 Å². The van der Waals surface area contributed by atoms with E-state index >= 15 is 0 Å². The number of thiazole rings is 1. The van der Waals surface area contributed by atoms with Crippen molar-refractivity contribution in [2.45, 2.75) is 6.61 Å². The first-order valence-electron chi connectivity index (χ1n) is 7.71. The van der Waals surface area contributed by atoms with Gasteiger partial charge in [0.25, 0.3) is 5.69 Å². The maximum absolute atomic E-state index is 12.2. The second kappa shape index (κ2) is 7.75. The van der Waals surface area contributed by atoms with Crippen molar-refractivity contribution in [1.82, 2.24) is 4.98 Å². The molecule has 0 saturated heterocycles. The first-order chi connectivity index (χ1) is 12.6. The summed E-state index contributed by atoms with van der Waals surface area (Å²) in [5.74, 6) is -0.634. The third-order valence-electron chi connectivity index (χ3n) is 3.62. The van der Waals surface area contributed by atoms with Crippen molar-refractivity contribution in [1.29, 1.82) is 0 Å². The number of hydrogen-bond donors (Lipinski definition) is 1. The van der Waals surface area contributed by atoms with E-state index in [1.54, 1.807) is 7.05 Å². The van der Waals surface area contributed by atoms with Crippen LogP contribution < -0.4 is 5.32 Å². The molecule has 8 heteroatoms. The van der Waals surface area contributed by atoms with Gasteiger partial charge in [0, 0.05) is 24.1 Å². The quantitative estimate of drug-likeness (QED) is 0.399. The Bertz CT molecular complexity index is 941. The highest BCUT2D eigenvalue weighted by molar-refractivity contribution is 7.13. The molecule has 3 aromatic rings. The molecular formula is C18H15N3O4S. The molecule has 0 aliphatic heterocycles. The van der Waals surface area contributed by atoms with Gasteiger partial charge in [-0.1, -0.05) is 30.3 Å². The van der Waals surface area contributed by atoms with Crippen LogP contribution in [0.3, 0.4) is 0 Å². The van der Waals surface area contributed by atoms with E-state index in [4.69, 9.17) is 4.74 Å². The zero-order chi connectivity index (χ0) is 18.5. The average Bonchev–Trinajstić information content (AvgIpc) is 3.15. The van der Waals surface area contributed by atoms with E-state index in [9.17, 15) is 14.9 Å². The van der Waals surface area contributed by atoms with Crippen LogP contribution in [0.1, 0.15) is 16.1 Å². The number of carbonyl (C=O) groups is 1. The van der Waals surface area contributed by atoms with Gasteiger partial charge < -0.3 is 10.1 Å². The molecule has 1 N–H and O–H groups in total. The summed E-state index contributed by atoms with van der Waals surface area (Å²) in [6, 6.07) is 13.9. The average molecular weight is 369 g/mol. The second-order valence-corrected chi connectivity index (χ2v) is 6.18. The molecule has 0 atom stereocenters. The van der Waals surface area contributed by atoms with Gasteiger partial charge in [-0.05, 0) is 12.1 Å². The normalized spacial score (nSPS) is 10.3. The van der Waals surface area contributed by atoms with Crippen molar-refractivity contribution in [3.05, 3.63) is 75.3 Å². The van der Waals surface area contributed by atoms with Gasteiger partial charge in [-0.2, -0.15) is 0 Å². The minimum atomic E-state index is -0.634. The number of nitro groups is 1. The van der Waals surface area contributed by atoms with Gasteiger partial charge >= 0.3 is 5.97 Å². The largest absolute Gasteiger partial charge is 0.456 e. The number of anilines is 1. The second-order valence-electron chi connectivity index (χ2n) is 5.33. The molecule has 0 fully saturated rings. The number of rotatable bonds is 6. The smallest absolute Gasteiger partial charge is 0.338 e. The summed E-state index contributed by atoms with van der Waals surface area (Å²) in [5, 5.41) is 16.5.